The minimum Gasteiger partial charge on any atom is -0.404 e. The van der Waals surface area contributed by atoms with Crippen LogP contribution in [0.15, 0.2) is 35.4 Å². The molecule has 1 aliphatic heterocycles. The molecule has 7 heteroatoms. The maximum absolute atomic E-state index is 12.4. The summed E-state index contributed by atoms with van der Waals surface area (Å²) in [7, 11) is -3.29. The number of benzene rings is 1. The van der Waals surface area contributed by atoms with Crippen molar-refractivity contribution in [1.29, 1.82) is 0 Å². The van der Waals surface area contributed by atoms with Gasteiger partial charge in [0.05, 0.1) is 10.4 Å². The molecule has 1 amide bonds. The first-order chi connectivity index (χ1) is 11.7. The van der Waals surface area contributed by atoms with E-state index >= 15 is 0 Å². The van der Waals surface area contributed by atoms with Gasteiger partial charge in [-0.2, -0.15) is 4.73 Å². The number of piperidine rings is 1. The molecule has 1 fully saturated rings. The molecule has 2 unspecified atom stereocenters. The van der Waals surface area contributed by atoms with Crippen LogP contribution in [0.5, 0.6) is 0 Å². The lowest BCUT2D eigenvalue weighted by Crippen LogP contribution is -2.45. The maximum atomic E-state index is 12.4. The first-order valence-electron chi connectivity index (χ1n) is 8.46. The van der Waals surface area contributed by atoms with Gasteiger partial charge in [-0.1, -0.05) is 19.9 Å². The number of hydrogen-bond donors (Lipinski definition) is 0. The van der Waals surface area contributed by atoms with Gasteiger partial charge in [-0.3, -0.25) is 4.79 Å². The molecule has 0 spiro atoms. The standard InChI is InChI=1S/C18H24N2O4S/c1-13-8-14(2)11-19(10-13)18(21)12-24-20-7-6-15-4-5-16(9-17(15)20)25(3,22)23/h4-7,9,13-14H,8,10-12H2,1-3H3. The minimum atomic E-state index is -3.29. The van der Waals surface area contributed by atoms with Gasteiger partial charge in [0.25, 0.3) is 5.91 Å². The predicted octanol–water partition coefficient (Wildman–Crippen LogP) is 1.98. The number of carbonyl (C=O) groups excluding carboxylic acids is 1. The van der Waals surface area contributed by atoms with E-state index in [0.717, 1.165) is 24.9 Å². The number of likely N-dealkylation sites (tertiary alicyclic amines) is 1. The Labute approximate surface area is 148 Å². The van der Waals surface area contributed by atoms with Crippen molar-refractivity contribution in [3.05, 3.63) is 30.5 Å². The van der Waals surface area contributed by atoms with Crippen LogP contribution in [0.2, 0.25) is 0 Å². The lowest BCUT2D eigenvalue weighted by molar-refractivity contribution is -0.138. The van der Waals surface area contributed by atoms with Gasteiger partial charge in [-0.05, 0) is 36.5 Å². The van der Waals surface area contributed by atoms with Crippen molar-refractivity contribution in [2.75, 3.05) is 26.0 Å². The van der Waals surface area contributed by atoms with Crippen molar-refractivity contribution in [2.24, 2.45) is 11.8 Å². The van der Waals surface area contributed by atoms with Crippen molar-refractivity contribution in [1.82, 2.24) is 9.63 Å². The molecule has 1 aliphatic rings. The van der Waals surface area contributed by atoms with E-state index in [0.29, 0.717) is 17.4 Å². The largest absolute Gasteiger partial charge is 0.404 e. The summed E-state index contributed by atoms with van der Waals surface area (Å²) in [5, 5.41) is 0.861. The molecular formula is C18H24N2O4S. The van der Waals surface area contributed by atoms with Crippen LogP contribution in [0.1, 0.15) is 20.3 Å². The summed E-state index contributed by atoms with van der Waals surface area (Å²) >= 11 is 0. The third-order valence-corrected chi connectivity index (χ3v) is 5.72. The first-order valence-corrected chi connectivity index (χ1v) is 10.4. The summed E-state index contributed by atoms with van der Waals surface area (Å²) in [5.74, 6) is 0.953. The van der Waals surface area contributed by atoms with Crippen molar-refractivity contribution < 1.29 is 18.0 Å². The predicted molar refractivity (Wildman–Crippen MR) is 96.0 cm³/mol. The first kappa shape index (κ1) is 17.8. The zero-order valence-corrected chi connectivity index (χ0v) is 15.6. The highest BCUT2D eigenvalue weighted by molar-refractivity contribution is 7.90. The fourth-order valence-electron chi connectivity index (χ4n) is 3.51. The summed E-state index contributed by atoms with van der Waals surface area (Å²) < 4.78 is 24.9. The van der Waals surface area contributed by atoms with Crippen LogP contribution in [0, 0.1) is 11.8 Å². The van der Waals surface area contributed by atoms with Crippen LogP contribution in [0.4, 0.5) is 0 Å². The molecule has 25 heavy (non-hydrogen) atoms. The number of fused-ring (bicyclic) bond motifs is 1. The summed E-state index contributed by atoms with van der Waals surface area (Å²) in [6.07, 6.45) is 4.01. The van der Waals surface area contributed by atoms with E-state index in [1.54, 1.807) is 24.4 Å². The van der Waals surface area contributed by atoms with Crippen LogP contribution < -0.4 is 4.84 Å². The Balaban J connectivity index is 1.74. The van der Waals surface area contributed by atoms with Crippen molar-refractivity contribution in [3.63, 3.8) is 0 Å². The molecule has 0 bridgehead atoms. The fraction of sp³-hybridized carbons (Fsp3) is 0.500. The molecule has 0 aliphatic carbocycles. The molecule has 0 radical (unpaired) electrons. The van der Waals surface area contributed by atoms with Gasteiger partial charge in [-0.25, -0.2) is 8.42 Å². The summed E-state index contributed by atoms with van der Waals surface area (Å²) in [4.78, 5) is 20.2. The van der Waals surface area contributed by atoms with Crippen molar-refractivity contribution in [2.45, 2.75) is 25.2 Å². The van der Waals surface area contributed by atoms with Crippen LogP contribution in [0.3, 0.4) is 0 Å². The molecule has 6 nitrogen and oxygen atoms in total. The van der Waals surface area contributed by atoms with E-state index in [4.69, 9.17) is 4.84 Å². The van der Waals surface area contributed by atoms with Crippen LogP contribution in [-0.2, 0) is 14.6 Å². The molecule has 3 rings (SSSR count). The molecule has 2 heterocycles. The highest BCUT2D eigenvalue weighted by Gasteiger charge is 2.25. The van der Waals surface area contributed by atoms with E-state index < -0.39 is 9.84 Å². The third-order valence-electron chi connectivity index (χ3n) is 4.61. The van der Waals surface area contributed by atoms with Crippen LogP contribution in [-0.4, -0.2) is 49.9 Å². The van der Waals surface area contributed by atoms with E-state index in [9.17, 15) is 13.2 Å². The molecular weight excluding hydrogens is 340 g/mol. The lowest BCUT2D eigenvalue weighted by Gasteiger charge is -2.34. The lowest BCUT2D eigenvalue weighted by atomic mass is 9.92. The summed E-state index contributed by atoms with van der Waals surface area (Å²) in [6.45, 7) is 5.77. The molecule has 0 saturated carbocycles. The Morgan fingerprint density at radius 3 is 2.52 bits per heavy atom. The summed E-state index contributed by atoms with van der Waals surface area (Å²) in [5.41, 5.74) is 0.635. The molecule has 1 saturated heterocycles. The van der Waals surface area contributed by atoms with E-state index in [1.807, 2.05) is 11.0 Å². The highest BCUT2D eigenvalue weighted by atomic mass is 32.2. The van der Waals surface area contributed by atoms with Crippen molar-refractivity contribution in [3.8, 4) is 0 Å². The average Bonchev–Trinajstić information content (AvgIpc) is 2.93. The average molecular weight is 364 g/mol. The van der Waals surface area contributed by atoms with Crippen LogP contribution in [0.25, 0.3) is 10.9 Å². The second kappa shape index (κ2) is 6.71. The van der Waals surface area contributed by atoms with Crippen LogP contribution >= 0.6 is 0 Å². The van der Waals surface area contributed by atoms with Gasteiger partial charge in [0.2, 0.25) is 0 Å². The Hall–Kier alpha value is -2.02. The van der Waals surface area contributed by atoms with E-state index in [2.05, 4.69) is 13.8 Å². The highest BCUT2D eigenvalue weighted by Crippen LogP contribution is 2.22. The van der Waals surface area contributed by atoms with Gasteiger partial charge in [0, 0.05) is 30.9 Å². The van der Waals surface area contributed by atoms with Gasteiger partial charge in [0.1, 0.15) is 0 Å². The normalized spacial score (nSPS) is 21.5. The quantitative estimate of drug-likeness (QED) is 0.832. The molecule has 2 aromatic rings. The van der Waals surface area contributed by atoms with Crippen molar-refractivity contribution >= 4 is 26.6 Å². The SMILES string of the molecule is CC1CC(C)CN(C(=O)COn2ccc3ccc(S(C)(=O)=O)cc32)C1. The Bertz CT molecular complexity index is 878. The number of amides is 1. The van der Waals surface area contributed by atoms with Gasteiger partial charge in [0.15, 0.2) is 16.4 Å². The van der Waals surface area contributed by atoms with Gasteiger partial charge < -0.3 is 9.74 Å². The number of aromatic nitrogens is 1. The topological polar surface area (TPSA) is 68.6 Å². The van der Waals surface area contributed by atoms with Gasteiger partial charge in [-0.15, -0.1) is 0 Å². The molecule has 1 aromatic heterocycles. The molecule has 136 valence electrons. The number of rotatable bonds is 4. The molecule has 2 atom stereocenters. The summed E-state index contributed by atoms with van der Waals surface area (Å²) in [6, 6.07) is 6.71. The Kier molecular flexibility index (Phi) is 4.77. The zero-order valence-electron chi connectivity index (χ0n) is 14.8. The Morgan fingerprint density at radius 1 is 1.20 bits per heavy atom. The zero-order chi connectivity index (χ0) is 18.2. The number of hydrogen-bond acceptors (Lipinski definition) is 4. The van der Waals surface area contributed by atoms with Gasteiger partial charge >= 0.3 is 0 Å². The molecule has 0 N–H and O–H groups in total. The number of nitrogens with zero attached hydrogens (tertiary/aromatic N) is 2. The number of carbonyl (C=O) groups is 1. The third kappa shape index (κ3) is 3.98. The second-order valence-corrected chi connectivity index (χ2v) is 9.17. The fourth-order valence-corrected chi connectivity index (χ4v) is 4.15. The maximum Gasteiger partial charge on any atom is 0.263 e. The second-order valence-electron chi connectivity index (χ2n) is 7.15. The minimum absolute atomic E-state index is 0.0421. The van der Waals surface area contributed by atoms with E-state index in [-0.39, 0.29) is 17.4 Å². The van der Waals surface area contributed by atoms with E-state index in [1.165, 1.54) is 11.0 Å². The smallest absolute Gasteiger partial charge is 0.263 e. The monoisotopic (exact) mass is 364 g/mol. The Morgan fingerprint density at radius 2 is 1.88 bits per heavy atom. The molecule has 1 aromatic carbocycles. The number of sulfone groups is 1.